The molecule has 2 aromatic rings. The molecule has 1 aromatic heterocycles. The van der Waals surface area contributed by atoms with E-state index >= 15 is 0 Å². The fourth-order valence-corrected chi connectivity index (χ4v) is 1.94. The molecule has 0 aliphatic carbocycles. The summed E-state index contributed by atoms with van der Waals surface area (Å²) in [6, 6.07) is 5.55. The molecular formula is C10H9ClN2S. The van der Waals surface area contributed by atoms with Crippen LogP contribution in [0.3, 0.4) is 0 Å². The predicted molar refractivity (Wildman–Crippen MR) is 60.9 cm³/mol. The van der Waals surface area contributed by atoms with Gasteiger partial charge in [-0.1, -0.05) is 18.5 Å². The normalized spacial score (nSPS) is 10.7. The van der Waals surface area contributed by atoms with Crippen LogP contribution in [-0.4, -0.2) is 15.7 Å². The van der Waals surface area contributed by atoms with Gasteiger partial charge in [-0.15, -0.1) is 11.8 Å². The molecular weight excluding hydrogens is 216 g/mol. The number of fused-ring (bicyclic) bond motifs is 1. The van der Waals surface area contributed by atoms with Crippen molar-refractivity contribution in [3.63, 3.8) is 0 Å². The van der Waals surface area contributed by atoms with Gasteiger partial charge in [0.05, 0.1) is 17.2 Å². The number of benzene rings is 1. The van der Waals surface area contributed by atoms with Crippen LogP contribution >= 0.6 is 23.4 Å². The Hall–Kier alpha value is -0.800. The lowest BCUT2D eigenvalue weighted by atomic mass is 10.3. The van der Waals surface area contributed by atoms with E-state index in [-0.39, 0.29) is 0 Å². The zero-order chi connectivity index (χ0) is 9.97. The van der Waals surface area contributed by atoms with E-state index in [1.807, 2.05) is 18.2 Å². The van der Waals surface area contributed by atoms with Gasteiger partial charge in [-0.3, -0.25) is 4.98 Å². The van der Waals surface area contributed by atoms with Crippen LogP contribution in [-0.2, 0) is 0 Å². The van der Waals surface area contributed by atoms with E-state index in [1.165, 1.54) is 0 Å². The highest BCUT2D eigenvalue weighted by molar-refractivity contribution is 7.99. The van der Waals surface area contributed by atoms with Crippen LogP contribution in [0.1, 0.15) is 6.92 Å². The second-order valence-corrected chi connectivity index (χ2v) is 4.50. The zero-order valence-electron chi connectivity index (χ0n) is 7.70. The topological polar surface area (TPSA) is 25.8 Å². The van der Waals surface area contributed by atoms with E-state index in [9.17, 15) is 0 Å². The number of hydrogen-bond donors (Lipinski definition) is 0. The highest BCUT2D eigenvalue weighted by Gasteiger charge is 1.99. The van der Waals surface area contributed by atoms with Crippen molar-refractivity contribution < 1.29 is 0 Å². The smallest absolute Gasteiger partial charge is 0.115 e. The summed E-state index contributed by atoms with van der Waals surface area (Å²) in [6.07, 6.45) is 1.78. The summed E-state index contributed by atoms with van der Waals surface area (Å²) in [7, 11) is 0. The molecule has 72 valence electrons. The SMILES string of the molecule is CCSc1cnc2cc(Cl)ccc2n1. The third kappa shape index (κ3) is 1.99. The monoisotopic (exact) mass is 224 g/mol. The summed E-state index contributed by atoms with van der Waals surface area (Å²) >= 11 is 7.53. The second kappa shape index (κ2) is 4.15. The summed E-state index contributed by atoms with van der Waals surface area (Å²) in [4.78, 5) is 8.74. The van der Waals surface area contributed by atoms with Crippen molar-refractivity contribution in [2.75, 3.05) is 5.75 Å². The molecule has 0 unspecified atom stereocenters. The average Bonchev–Trinajstić information content (AvgIpc) is 2.19. The summed E-state index contributed by atoms with van der Waals surface area (Å²) in [5.41, 5.74) is 1.74. The van der Waals surface area contributed by atoms with Crippen LogP contribution in [0, 0.1) is 0 Å². The van der Waals surface area contributed by atoms with E-state index < -0.39 is 0 Å². The maximum absolute atomic E-state index is 5.85. The third-order valence-electron chi connectivity index (χ3n) is 1.77. The molecule has 2 rings (SSSR count). The van der Waals surface area contributed by atoms with Gasteiger partial charge in [-0.25, -0.2) is 4.98 Å². The van der Waals surface area contributed by atoms with Gasteiger partial charge in [0.25, 0.3) is 0 Å². The highest BCUT2D eigenvalue weighted by Crippen LogP contribution is 2.19. The van der Waals surface area contributed by atoms with E-state index in [0.717, 1.165) is 21.8 Å². The number of hydrogen-bond acceptors (Lipinski definition) is 3. The average molecular weight is 225 g/mol. The Kier molecular flexibility index (Phi) is 2.89. The van der Waals surface area contributed by atoms with Crippen LogP contribution in [0.15, 0.2) is 29.4 Å². The molecule has 0 atom stereocenters. The van der Waals surface area contributed by atoms with Crippen molar-refractivity contribution in [1.82, 2.24) is 9.97 Å². The van der Waals surface area contributed by atoms with Crippen LogP contribution in [0.25, 0.3) is 11.0 Å². The van der Waals surface area contributed by atoms with E-state index in [4.69, 9.17) is 11.6 Å². The first-order valence-electron chi connectivity index (χ1n) is 4.34. The summed E-state index contributed by atoms with van der Waals surface area (Å²) in [5.74, 6) is 1.01. The Morgan fingerprint density at radius 1 is 1.36 bits per heavy atom. The van der Waals surface area contributed by atoms with Gasteiger partial charge < -0.3 is 0 Å². The highest BCUT2D eigenvalue weighted by atomic mass is 35.5. The molecule has 2 nitrogen and oxygen atoms in total. The summed E-state index contributed by atoms with van der Waals surface area (Å²) in [6.45, 7) is 2.10. The Labute approximate surface area is 91.7 Å². The minimum Gasteiger partial charge on any atom is -0.252 e. The molecule has 0 aliphatic rings. The quantitative estimate of drug-likeness (QED) is 0.732. The zero-order valence-corrected chi connectivity index (χ0v) is 9.27. The Balaban J connectivity index is 2.50. The van der Waals surface area contributed by atoms with Crippen LogP contribution < -0.4 is 0 Å². The van der Waals surface area contributed by atoms with Crippen LogP contribution in [0.5, 0.6) is 0 Å². The van der Waals surface area contributed by atoms with E-state index in [2.05, 4.69) is 16.9 Å². The lowest BCUT2D eigenvalue weighted by Gasteiger charge is -2.00. The molecule has 0 amide bonds. The van der Waals surface area contributed by atoms with Gasteiger partial charge in [-0.2, -0.15) is 0 Å². The van der Waals surface area contributed by atoms with Crippen molar-refractivity contribution in [3.05, 3.63) is 29.4 Å². The van der Waals surface area contributed by atoms with Crippen molar-refractivity contribution in [2.24, 2.45) is 0 Å². The predicted octanol–water partition coefficient (Wildman–Crippen LogP) is 3.40. The van der Waals surface area contributed by atoms with Gasteiger partial charge in [0.15, 0.2) is 0 Å². The molecule has 0 N–H and O–H groups in total. The Morgan fingerprint density at radius 2 is 2.21 bits per heavy atom. The lowest BCUT2D eigenvalue weighted by Crippen LogP contribution is -1.86. The van der Waals surface area contributed by atoms with Gasteiger partial charge in [-0.05, 0) is 24.0 Å². The molecule has 4 heteroatoms. The fraction of sp³-hybridized carbons (Fsp3) is 0.200. The molecule has 1 aromatic carbocycles. The van der Waals surface area contributed by atoms with Gasteiger partial charge in [0.2, 0.25) is 0 Å². The van der Waals surface area contributed by atoms with Gasteiger partial charge in [0.1, 0.15) is 5.03 Å². The third-order valence-corrected chi connectivity index (χ3v) is 2.79. The van der Waals surface area contributed by atoms with Crippen LogP contribution in [0.2, 0.25) is 5.02 Å². The van der Waals surface area contributed by atoms with Crippen molar-refractivity contribution >= 4 is 34.4 Å². The first-order valence-corrected chi connectivity index (χ1v) is 5.71. The van der Waals surface area contributed by atoms with Crippen molar-refractivity contribution in [3.8, 4) is 0 Å². The second-order valence-electron chi connectivity index (χ2n) is 2.77. The molecule has 0 saturated heterocycles. The summed E-state index contributed by atoms with van der Waals surface area (Å²) < 4.78 is 0. The number of aromatic nitrogens is 2. The number of rotatable bonds is 2. The maximum Gasteiger partial charge on any atom is 0.115 e. The fourth-order valence-electron chi connectivity index (χ4n) is 1.18. The minimum absolute atomic E-state index is 0.697. The molecule has 0 radical (unpaired) electrons. The van der Waals surface area contributed by atoms with Crippen molar-refractivity contribution in [1.29, 1.82) is 0 Å². The van der Waals surface area contributed by atoms with Gasteiger partial charge in [0, 0.05) is 5.02 Å². The standard InChI is InChI=1S/C10H9ClN2S/c1-2-14-10-6-12-9-5-7(11)3-4-8(9)13-10/h3-6H,2H2,1H3. The molecule has 0 saturated carbocycles. The maximum atomic E-state index is 5.85. The molecule has 14 heavy (non-hydrogen) atoms. The minimum atomic E-state index is 0.697. The van der Waals surface area contributed by atoms with E-state index in [0.29, 0.717) is 5.02 Å². The number of thioether (sulfide) groups is 1. The largest absolute Gasteiger partial charge is 0.252 e. The molecule has 0 bridgehead atoms. The Morgan fingerprint density at radius 3 is 3.00 bits per heavy atom. The lowest BCUT2D eigenvalue weighted by molar-refractivity contribution is 1.12. The van der Waals surface area contributed by atoms with Crippen LogP contribution in [0.4, 0.5) is 0 Å². The Bertz CT molecular complexity index is 459. The number of halogens is 1. The molecule has 1 heterocycles. The van der Waals surface area contributed by atoms with Crippen molar-refractivity contribution in [2.45, 2.75) is 11.9 Å². The molecule has 0 fully saturated rings. The van der Waals surface area contributed by atoms with E-state index in [1.54, 1.807) is 18.0 Å². The van der Waals surface area contributed by atoms with Gasteiger partial charge >= 0.3 is 0 Å². The first-order chi connectivity index (χ1) is 6.79. The molecule has 0 spiro atoms. The number of nitrogens with zero attached hydrogens (tertiary/aromatic N) is 2. The molecule has 0 aliphatic heterocycles. The first kappa shape index (κ1) is 9.74. The summed E-state index contributed by atoms with van der Waals surface area (Å²) in [5, 5.41) is 1.66.